The van der Waals surface area contributed by atoms with Gasteiger partial charge < -0.3 is 5.32 Å². The molecule has 0 radical (unpaired) electrons. The summed E-state index contributed by atoms with van der Waals surface area (Å²) in [4.78, 5) is 11.9. The maximum absolute atomic E-state index is 13.1. The molecule has 1 aromatic rings. The molecule has 0 aromatic heterocycles. The van der Waals surface area contributed by atoms with Crippen LogP contribution in [0.1, 0.15) is 24.2 Å². The van der Waals surface area contributed by atoms with E-state index in [1.165, 1.54) is 12.1 Å². The summed E-state index contributed by atoms with van der Waals surface area (Å²) >= 11 is 8.91. The van der Waals surface area contributed by atoms with Crippen LogP contribution in [0.3, 0.4) is 0 Å². The number of hydrogen-bond acceptors (Lipinski definition) is 1. The summed E-state index contributed by atoms with van der Waals surface area (Å²) in [5, 5.41) is 2.78. The van der Waals surface area contributed by atoms with Crippen molar-refractivity contribution in [2.24, 2.45) is 5.92 Å². The predicted molar refractivity (Wildman–Crippen MR) is 70.9 cm³/mol. The summed E-state index contributed by atoms with van der Waals surface area (Å²) in [5.41, 5.74) is 0.285. The van der Waals surface area contributed by atoms with Crippen LogP contribution in [-0.4, -0.2) is 17.8 Å². The van der Waals surface area contributed by atoms with E-state index in [0.29, 0.717) is 10.4 Å². The zero-order valence-electron chi connectivity index (χ0n) is 9.64. The number of nitrogens with one attached hydrogen (secondary N) is 1. The minimum atomic E-state index is -0.448. The maximum Gasteiger partial charge on any atom is 0.251 e. The van der Waals surface area contributed by atoms with Crippen LogP contribution in [0.4, 0.5) is 4.39 Å². The summed E-state index contributed by atoms with van der Waals surface area (Å²) in [7, 11) is 0. The molecule has 0 bridgehead atoms. The summed E-state index contributed by atoms with van der Waals surface area (Å²) in [6.45, 7) is 3.93. The Hall–Kier alpha value is -0.610. The molecular formula is C12H14BrClFNO. The van der Waals surface area contributed by atoms with E-state index in [1.807, 2.05) is 13.8 Å². The normalized spacial score (nSPS) is 12.6. The number of carbonyl (C=O) groups is 1. The summed E-state index contributed by atoms with van der Waals surface area (Å²) in [5.74, 6) is -0.200. The van der Waals surface area contributed by atoms with Gasteiger partial charge in [0.05, 0.1) is 0 Å². The van der Waals surface area contributed by atoms with Gasteiger partial charge in [-0.2, -0.15) is 0 Å². The third-order valence-electron chi connectivity index (χ3n) is 2.41. The molecule has 2 nitrogen and oxygen atoms in total. The Morgan fingerprint density at radius 1 is 1.47 bits per heavy atom. The Labute approximate surface area is 114 Å². The lowest BCUT2D eigenvalue weighted by Gasteiger charge is -2.19. The fourth-order valence-corrected chi connectivity index (χ4v) is 2.22. The molecule has 1 aromatic carbocycles. The SMILES string of the molecule is CC(C)C(CCl)NC(=O)c1cc(F)cc(Br)c1. The summed E-state index contributed by atoms with van der Waals surface area (Å²) in [6.07, 6.45) is 0. The van der Waals surface area contributed by atoms with E-state index in [0.717, 1.165) is 0 Å². The second kappa shape index (κ2) is 6.36. The monoisotopic (exact) mass is 321 g/mol. The van der Waals surface area contributed by atoms with Crippen molar-refractivity contribution in [1.82, 2.24) is 5.32 Å². The molecule has 0 aliphatic rings. The summed E-state index contributed by atoms with van der Waals surface area (Å²) in [6, 6.07) is 3.96. The van der Waals surface area contributed by atoms with Crippen LogP contribution >= 0.6 is 27.5 Å². The van der Waals surface area contributed by atoms with Crippen LogP contribution in [0.15, 0.2) is 22.7 Å². The number of alkyl halides is 1. The number of amides is 1. The molecule has 1 unspecified atom stereocenters. The number of hydrogen-bond donors (Lipinski definition) is 1. The van der Waals surface area contributed by atoms with Gasteiger partial charge in [0.15, 0.2) is 0 Å². The van der Waals surface area contributed by atoms with E-state index in [4.69, 9.17) is 11.6 Å². The maximum atomic E-state index is 13.1. The lowest BCUT2D eigenvalue weighted by atomic mass is 10.1. The Bertz CT molecular complexity index is 391. The topological polar surface area (TPSA) is 29.1 Å². The van der Waals surface area contributed by atoms with Gasteiger partial charge in [-0.25, -0.2) is 4.39 Å². The molecule has 0 fully saturated rings. The Balaban J connectivity index is 2.82. The first-order valence-corrected chi connectivity index (χ1v) is 6.59. The molecule has 17 heavy (non-hydrogen) atoms. The van der Waals surface area contributed by atoms with E-state index >= 15 is 0 Å². The van der Waals surface area contributed by atoms with E-state index < -0.39 is 5.82 Å². The van der Waals surface area contributed by atoms with Crippen molar-refractivity contribution in [3.05, 3.63) is 34.1 Å². The van der Waals surface area contributed by atoms with Crippen LogP contribution in [0.2, 0.25) is 0 Å². The third kappa shape index (κ3) is 4.28. The van der Waals surface area contributed by atoms with Crippen LogP contribution < -0.4 is 5.32 Å². The molecule has 1 rings (SSSR count). The predicted octanol–water partition coefficient (Wildman–Crippen LogP) is 3.58. The van der Waals surface area contributed by atoms with E-state index in [2.05, 4.69) is 21.2 Å². The molecule has 5 heteroatoms. The van der Waals surface area contributed by atoms with E-state index in [9.17, 15) is 9.18 Å². The Kier molecular flexibility index (Phi) is 5.40. The Morgan fingerprint density at radius 3 is 2.59 bits per heavy atom. The molecule has 0 saturated heterocycles. The highest BCUT2D eigenvalue weighted by Crippen LogP contribution is 2.15. The third-order valence-corrected chi connectivity index (χ3v) is 3.20. The molecule has 0 saturated carbocycles. The van der Waals surface area contributed by atoms with Crippen LogP contribution in [0, 0.1) is 11.7 Å². The molecule has 1 atom stereocenters. The fourth-order valence-electron chi connectivity index (χ4n) is 1.32. The number of halogens is 3. The highest BCUT2D eigenvalue weighted by atomic mass is 79.9. The highest BCUT2D eigenvalue weighted by Gasteiger charge is 2.16. The van der Waals surface area contributed by atoms with Crippen LogP contribution in [0.5, 0.6) is 0 Å². The van der Waals surface area contributed by atoms with Gasteiger partial charge in [0.2, 0.25) is 0 Å². The molecule has 0 heterocycles. The first kappa shape index (κ1) is 14.5. The van der Waals surface area contributed by atoms with Gasteiger partial charge in [0, 0.05) is 22.0 Å². The lowest BCUT2D eigenvalue weighted by molar-refractivity contribution is 0.0930. The van der Waals surface area contributed by atoms with Crippen molar-refractivity contribution in [2.75, 3.05) is 5.88 Å². The molecule has 0 aliphatic carbocycles. The molecular weight excluding hydrogens is 308 g/mol. The minimum Gasteiger partial charge on any atom is -0.348 e. The zero-order chi connectivity index (χ0) is 13.0. The number of benzene rings is 1. The average molecular weight is 323 g/mol. The minimum absolute atomic E-state index is 0.119. The van der Waals surface area contributed by atoms with Crippen molar-refractivity contribution >= 4 is 33.4 Å². The van der Waals surface area contributed by atoms with Crippen molar-refractivity contribution < 1.29 is 9.18 Å². The van der Waals surface area contributed by atoms with Gasteiger partial charge >= 0.3 is 0 Å². The van der Waals surface area contributed by atoms with E-state index in [-0.39, 0.29) is 23.4 Å². The van der Waals surface area contributed by atoms with Crippen molar-refractivity contribution in [3.8, 4) is 0 Å². The fraction of sp³-hybridized carbons (Fsp3) is 0.417. The van der Waals surface area contributed by atoms with E-state index in [1.54, 1.807) is 6.07 Å². The van der Waals surface area contributed by atoms with Crippen LogP contribution in [-0.2, 0) is 0 Å². The standard InChI is InChI=1S/C12H14BrClFNO/c1-7(2)11(6-14)16-12(17)8-3-9(13)5-10(15)4-8/h3-5,7,11H,6H2,1-2H3,(H,16,17). The smallest absolute Gasteiger partial charge is 0.251 e. The second-order valence-corrected chi connectivity index (χ2v) is 5.36. The Morgan fingerprint density at radius 2 is 2.12 bits per heavy atom. The zero-order valence-corrected chi connectivity index (χ0v) is 12.0. The van der Waals surface area contributed by atoms with Crippen LogP contribution in [0.25, 0.3) is 0 Å². The summed E-state index contributed by atoms with van der Waals surface area (Å²) < 4.78 is 13.7. The quantitative estimate of drug-likeness (QED) is 0.844. The van der Waals surface area contributed by atoms with Crippen molar-refractivity contribution in [2.45, 2.75) is 19.9 Å². The first-order valence-electron chi connectivity index (χ1n) is 5.27. The number of carbonyl (C=O) groups excluding carboxylic acids is 1. The van der Waals surface area contributed by atoms with Crippen molar-refractivity contribution in [1.29, 1.82) is 0 Å². The van der Waals surface area contributed by atoms with Gasteiger partial charge in [-0.1, -0.05) is 29.8 Å². The molecule has 94 valence electrons. The van der Waals surface area contributed by atoms with Gasteiger partial charge in [0.1, 0.15) is 5.82 Å². The van der Waals surface area contributed by atoms with Crippen molar-refractivity contribution in [3.63, 3.8) is 0 Å². The van der Waals surface area contributed by atoms with Gasteiger partial charge in [0.25, 0.3) is 5.91 Å². The lowest BCUT2D eigenvalue weighted by Crippen LogP contribution is -2.39. The highest BCUT2D eigenvalue weighted by molar-refractivity contribution is 9.10. The first-order chi connectivity index (χ1) is 7.93. The molecule has 0 spiro atoms. The molecule has 1 N–H and O–H groups in total. The number of rotatable bonds is 4. The average Bonchev–Trinajstić information content (AvgIpc) is 2.23. The second-order valence-electron chi connectivity index (χ2n) is 4.14. The van der Waals surface area contributed by atoms with Gasteiger partial charge in [-0.3, -0.25) is 4.79 Å². The van der Waals surface area contributed by atoms with Gasteiger partial charge in [-0.05, 0) is 24.1 Å². The largest absolute Gasteiger partial charge is 0.348 e. The van der Waals surface area contributed by atoms with Gasteiger partial charge in [-0.15, -0.1) is 11.6 Å². The molecule has 0 aliphatic heterocycles. The molecule has 1 amide bonds.